The molecule has 0 spiro atoms. The van der Waals surface area contributed by atoms with Gasteiger partial charge in [-0.1, -0.05) is 6.08 Å². The lowest BCUT2D eigenvalue weighted by molar-refractivity contribution is -0.139. The van der Waals surface area contributed by atoms with Crippen molar-refractivity contribution in [2.45, 2.75) is 38.8 Å². The minimum Gasteiger partial charge on any atom is -0.480 e. The van der Waals surface area contributed by atoms with Crippen molar-refractivity contribution in [2.24, 2.45) is 0 Å². The van der Waals surface area contributed by atoms with Crippen LogP contribution in [0.15, 0.2) is 24.8 Å². The van der Waals surface area contributed by atoms with Crippen LogP contribution in [0.25, 0.3) is 0 Å². The predicted molar refractivity (Wildman–Crippen MR) is 80.1 cm³/mol. The van der Waals surface area contributed by atoms with E-state index in [0.29, 0.717) is 0 Å². The number of hydrogen-bond donors (Lipinski definition) is 3. The molecule has 0 saturated carbocycles. The van der Waals surface area contributed by atoms with Crippen molar-refractivity contribution in [3.05, 3.63) is 34.5 Å². The number of thiophene rings is 1. The molecule has 2 atom stereocenters. The topological polar surface area (TPSA) is 78.4 Å². The SMILES string of the molecule is C=CCC(NC(=O)NC(C)Cc1ccc(C)s1)C(=O)O. The van der Waals surface area contributed by atoms with Gasteiger partial charge in [0, 0.05) is 22.2 Å². The summed E-state index contributed by atoms with van der Waals surface area (Å²) in [6.45, 7) is 7.40. The van der Waals surface area contributed by atoms with Crippen molar-refractivity contribution in [3.63, 3.8) is 0 Å². The van der Waals surface area contributed by atoms with Gasteiger partial charge >= 0.3 is 12.0 Å². The van der Waals surface area contributed by atoms with Crippen LogP contribution in [-0.2, 0) is 11.2 Å². The fourth-order valence-electron chi connectivity index (χ4n) is 1.76. The van der Waals surface area contributed by atoms with E-state index in [2.05, 4.69) is 17.2 Å². The lowest BCUT2D eigenvalue weighted by atomic mass is 10.2. The highest BCUT2D eigenvalue weighted by atomic mass is 32.1. The molecule has 0 saturated heterocycles. The summed E-state index contributed by atoms with van der Waals surface area (Å²) in [5.41, 5.74) is 0. The Morgan fingerprint density at radius 2 is 2.15 bits per heavy atom. The number of nitrogens with one attached hydrogen (secondary N) is 2. The third-order valence-corrected chi connectivity index (χ3v) is 3.71. The number of carbonyl (C=O) groups is 2. The van der Waals surface area contributed by atoms with Crippen molar-refractivity contribution in [3.8, 4) is 0 Å². The smallest absolute Gasteiger partial charge is 0.326 e. The average Bonchev–Trinajstić information content (AvgIpc) is 2.73. The van der Waals surface area contributed by atoms with Gasteiger partial charge in [0.1, 0.15) is 6.04 Å². The van der Waals surface area contributed by atoms with Crippen LogP contribution in [0.4, 0.5) is 4.79 Å². The van der Waals surface area contributed by atoms with E-state index in [9.17, 15) is 9.59 Å². The third-order valence-electron chi connectivity index (χ3n) is 2.69. The Hall–Kier alpha value is -1.82. The molecular weight excluding hydrogens is 276 g/mol. The number of carbonyl (C=O) groups excluding carboxylic acids is 1. The van der Waals surface area contributed by atoms with Crippen LogP contribution >= 0.6 is 11.3 Å². The second kappa shape index (κ2) is 7.69. The molecule has 110 valence electrons. The fourth-order valence-corrected chi connectivity index (χ4v) is 2.78. The van der Waals surface area contributed by atoms with Crippen molar-refractivity contribution in [1.29, 1.82) is 0 Å². The maximum absolute atomic E-state index is 11.7. The summed E-state index contributed by atoms with van der Waals surface area (Å²) in [6, 6.07) is 2.60. The van der Waals surface area contributed by atoms with Crippen LogP contribution < -0.4 is 10.6 Å². The zero-order valence-electron chi connectivity index (χ0n) is 11.7. The van der Waals surface area contributed by atoms with Gasteiger partial charge in [-0.3, -0.25) is 0 Å². The number of aryl methyl sites for hydroxylation is 1. The van der Waals surface area contributed by atoms with Gasteiger partial charge < -0.3 is 15.7 Å². The summed E-state index contributed by atoms with van der Waals surface area (Å²) in [5.74, 6) is -1.07. The zero-order valence-corrected chi connectivity index (χ0v) is 12.5. The molecule has 2 amide bonds. The Kier molecular flexibility index (Phi) is 6.24. The molecule has 0 aliphatic heterocycles. The largest absolute Gasteiger partial charge is 0.480 e. The minimum absolute atomic E-state index is 0.0637. The maximum Gasteiger partial charge on any atom is 0.326 e. The zero-order chi connectivity index (χ0) is 15.1. The molecule has 1 aromatic heterocycles. The highest BCUT2D eigenvalue weighted by Gasteiger charge is 2.19. The van der Waals surface area contributed by atoms with Gasteiger partial charge in [0.15, 0.2) is 0 Å². The molecule has 0 aromatic carbocycles. The molecule has 3 N–H and O–H groups in total. The van der Waals surface area contributed by atoms with E-state index >= 15 is 0 Å². The lowest BCUT2D eigenvalue weighted by Gasteiger charge is -2.17. The van der Waals surface area contributed by atoms with Gasteiger partial charge in [-0.15, -0.1) is 17.9 Å². The molecule has 6 heteroatoms. The normalized spacial score (nSPS) is 13.3. The molecule has 0 radical (unpaired) electrons. The third kappa shape index (κ3) is 5.44. The number of aliphatic carboxylic acids is 1. The van der Waals surface area contributed by atoms with Gasteiger partial charge in [0.2, 0.25) is 0 Å². The number of hydrogen-bond acceptors (Lipinski definition) is 3. The number of carboxylic acid groups (broad SMARTS) is 1. The molecule has 5 nitrogen and oxygen atoms in total. The summed E-state index contributed by atoms with van der Waals surface area (Å²) in [4.78, 5) is 25.1. The minimum atomic E-state index is -1.07. The number of urea groups is 1. The van der Waals surface area contributed by atoms with Crippen LogP contribution in [0.3, 0.4) is 0 Å². The van der Waals surface area contributed by atoms with E-state index in [1.54, 1.807) is 11.3 Å². The molecule has 1 rings (SSSR count). The first-order valence-corrected chi connectivity index (χ1v) is 7.20. The molecule has 1 heterocycles. The molecule has 0 aliphatic rings. The van der Waals surface area contributed by atoms with E-state index in [1.807, 2.05) is 26.0 Å². The number of rotatable bonds is 7. The summed E-state index contributed by atoms with van der Waals surface area (Å²) >= 11 is 1.69. The van der Waals surface area contributed by atoms with Gasteiger partial charge in [-0.05, 0) is 32.4 Å². The van der Waals surface area contributed by atoms with Gasteiger partial charge in [0.05, 0.1) is 0 Å². The molecular formula is C14H20N2O3S. The van der Waals surface area contributed by atoms with E-state index in [1.165, 1.54) is 15.8 Å². The van der Waals surface area contributed by atoms with Gasteiger partial charge in [-0.25, -0.2) is 9.59 Å². The van der Waals surface area contributed by atoms with Gasteiger partial charge in [0.25, 0.3) is 0 Å². The Bertz CT molecular complexity index is 485. The van der Waals surface area contributed by atoms with Crippen molar-refractivity contribution >= 4 is 23.3 Å². The summed E-state index contributed by atoms with van der Waals surface area (Å²) in [7, 11) is 0. The van der Waals surface area contributed by atoms with Crippen molar-refractivity contribution in [1.82, 2.24) is 10.6 Å². The van der Waals surface area contributed by atoms with E-state index < -0.39 is 18.0 Å². The molecule has 0 bridgehead atoms. The first-order valence-electron chi connectivity index (χ1n) is 6.38. The first kappa shape index (κ1) is 16.2. The Morgan fingerprint density at radius 3 is 2.65 bits per heavy atom. The summed E-state index contributed by atoms with van der Waals surface area (Å²) < 4.78 is 0. The Morgan fingerprint density at radius 1 is 1.45 bits per heavy atom. The van der Waals surface area contributed by atoms with Crippen LogP contribution in [0.1, 0.15) is 23.1 Å². The quantitative estimate of drug-likeness (QED) is 0.676. The summed E-state index contributed by atoms with van der Waals surface area (Å²) in [6.07, 6.45) is 2.39. The average molecular weight is 296 g/mol. The highest BCUT2D eigenvalue weighted by Crippen LogP contribution is 2.16. The van der Waals surface area contributed by atoms with E-state index in [-0.39, 0.29) is 12.5 Å². The summed E-state index contributed by atoms with van der Waals surface area (Å²) in [5, 5.41) is 14.1. The second-order valence-electron chi connectivity index (χ2n) is 4.65. The van der Waals surface area contributed by atoms with Crippen LogP contribution in [-0.4, -0.2) is 29.2 Å². The van der Waals surface area contributed by atoms with E-state index in [0.717, 1.165) is 6.42 Å². The number of amides is 2. The van der Waals surface area contributed by atoms with Crippen LogP contribution in [0.2, 0.25) is 0 Å². The monoisotopic (exact) mass is 296 g/mol. The number of carboxylic acids is 1. The van der Waals surface area contributed by atoms with Crippen molar-refractivity contribution < 1.29 is 14.7 Å². The first-order chi connectivity index (χ1) is 9.42. The molecule has 0 aliphatic carbocycles. The van der Waals surface area contributed by atoms with Crippen molar-refractivity contribution in [2.75, 3.05) is 0 Å². The Balaban J connectivity index is 2.44. The van der Waals surface area contributed by atoms with Crippen LogP contribution in [0, 0.1) is 6.92 Å². The highest BCUT2D eigenvalue weighted by molar-refractivity contribution is 7.11. The van der Waals surface area contributed by atoms with Gasteiger partial charge in [-0.2, -0.15) is 0 Å². The standard InChI is InChI=1S/C14H20N2O3S/c1-4-5-12(13(17)18)16-14(19)15-9(2)8-11-7-6-10(3)20-11/h4,6-7,9,12H,1,5,8H2,2-3H3,(H,17,18)(H2,15,16,19). The predicted octanol–water partition coefficient (Wildman–Crippen LogP) is 2.32. The second-order valence-corrected chi connectivity index (χ2v) is 6.02. The molecule has 20 heavy (non-hydrogen) atoms. The van der Waals surface area contributed by atoms with Crippen LogP contribution in [0.5, 0.6) is 0 Å². The molecule has 2 unspecified atom stereocenters. The maximum atomic E-state index is 11.7. The molecule has 1 aromatic rings. The van der Waals surface area contributed by atoms with E-state index in [4.69, 9.17) is 5.11 Å². The Labute approximate surface area is 122 Å². The molecule has 0 fully saturated rings. The lowest BCUT2D eigenvalue weighted by Crippen LogP contribution is -2.48. The fraction of sp³-hybridized carbons (Fsp3) is 0.429.